The molecule has 0 aromatic heterocycles. The van der Waals surface area contributed by atoms with Crippen molar-refractivity contribution in [2.75, 3.05) is 29.8 Å². The van der Waals surface area contributed by atoms with E-state index in [1.165, 1.54) is 0 Å². The lowest BCUT2D eigenvalue weighted by molar-refractivity contribution is -0.121. The van der Waals surface area contributed by atoms with Crippen LogP contribution >= 0.6 is 0 Å². The molecular weight excluding hydrogens is 456 g/mol. The first-order chi connectivity index (χ1) is 16.3. The maximum Gasteiger partial charge on any atom is 0.241 e. The monoisotopic (exact) mass is 488 g/mol. The number of ether oxygens (including phenoxy) is 3. The molecule has 0 aliphatic carbocycles. The zero-order chi connectivity index (χ0) is 24.3. The van der Waals surface area contributed by atoms with Crippen LogP contribution in [0.1, 0.15) is 51.6 Å². The number of hydrogen-bond acceptors (Lipinski definition) is 6. The van der Waals surface area contributed by atoms with Gasteiger partial charge in [-0.15, -0.1) is 0 Å². The predicted octanol–water partition coefficient (Wildman–Crippen LogP) is 3.81. The van der Waals surface area contributed by atoms with Gasteiger partial charge in [0.1, 0.15) is 31.1 Å². The van der Waals surface area contributed by atoms with Crippen LogP contribution in [0, 0.1) is 0 Å². The van der Waals surface area contributed by atoms with Crippen molar-refractivity contribution in [3.63, 3.8) is 0 Å². The summed E-state index contributed by atoms with van der Waals surface area (Å²) >= 11 is 0. The standard InChI is InChI=1S/C25H32N2O6S/c1-4-25(5-2)16-20(19-9-7-8-10-21(19)33-25)26-24(28)17-27(34(29,30)6-3)18-11-12-22-23(15-18)32-14-13-31-22/h7-12,15,20H,4-6,13-14,16-17H2,1-3H3,(H,26,28)/t20-/m1/s1. The van der Waals surface area contributed by atoms with E-state index in [9.17, 15) is 13.2 Å². The molecule has 4 rings (SSSR count). The Morgan fingerprint density at radius 1 is 1.03 bits per heavy atom. The molecule has 0 saturated heterocycles. The lowest BCUT2D eigenvalue weighted by Gasteiger charge is -2.41. The third-order valence-electron chi connectivity index (χ3n) is 6.62. The summed E-state index contributed by atoms with van der Waals surface area (Å²) in [7, 11) is -3.72. The predicted molar refractivity (Wildman–Crippen MR) is 130 cm³/mol. The van der Waals surface area contributed by atoms with Gasteiger partial charge in [-0.1, -0.05) is 32.0 Å². The highest BCUT2D eigenvalue weighted by atomic mass is 32.2. The van der Waals surface area contributed by atoms with Crippen LogP contribution in [0.4, 0.5) is 5.69 Å². The Hall–Kier alpha value is -2.94. The molecule has 2 aromatic rings. The largest absolute Gasteiger partial charge is 0.487 e. The van der Waals surface area contributed by atoms with Crippen LogP contribution < -0.4 is 23.8 Å². The fraction of sp³-hybridized carbons (Fsp3) is 0.480. The van der Waals surface area contributed by atoms with Gasteiger partial charge in [0.05, 0.1) is 17.5 Å². The summed E-state index contributed by atoms with van der Waals surface area (Å²) in [6.45, 7) is 6.21. The van der Waals surface area contributed by atoms with Gasteiger partial charge >= 0.3 is 0 Å². The van der Waals surface area contributed by atoms with Crippen LogP contribution in [-0.2, 0) is 14.8 Å². The summed E-state index contributed by atoms with van der Waals surface area (Å²) in [6.07, 6.45) is 2.22. The van der Waals surface area contributed by atoms with E-state index in [1.807, 2.05) is 24.3 Å². The molecule has 9 heteroatoms. The summed E-state index contributed by atoms with van der Waals surface area (Å²) in [5, 5.41) is 3.08. The van der Waals surface area contributed by atoms with Crippen LogP contribution in [0.25, 0.3) is 0 Å². The van der Waals surface area contributed by atoms with E-state index < -0.39 is 10.0 Å². The number of benzene rings is 2. The van der Waals surface area contributed by atoms with Gasteiger partial charge in [-0.3, -0.25) is 9.10 Å². The molecule has 2 heterocycles. The summed E-state index contributed by atoms with van der Waals surface area (Å²) in [5.74, 6) is 1.27. The molecule has 0 spiro atoms. The van der Waals surface area contributed by atoms with E-state index in [1.54, 1.807) is 25.1 Å². The SMILES string of the molecule is CCC1(CC)C[C@@H](NC(=O)CN(c2ccc3c(c2)OCCO3)S(=O)(=O)CC)c2ccccc2O1. The van der Waals surface area contributed by atoms with Crippen molar-refractivity contribution in [3.8, 4) is 17.2 Å². The quantitative estimate of drug-likeness (QED) is 0.607. The first-order valence-corrected chi connectivity index (χ1v) is 13.4. The Balaban J connectivity index is 1.59. The third-order valence-corrected chi connectivity index (χ3v) is 8.36. The third kappa shape index (κ3) is 4.80. The summed E-state index contributed by atoms with van der Waals surface area (Å²) in [6, 6.07) is 12.3. The van der Waals surface area contributed by atoms with E-state index in [0.717, 1.165) is 28.5 Å². The highest BCUT2D eigenvalue weighted by Crippen LogP contribution is 2.42. The van der Waals surface area contributed by atoms with Gasteiger partial charge in [-0.25, -0.2) is 8.42 Å². The topological polar surface area (TPSA) is 94.2 Å². The van der Waals surface area contributed by atoms with Gasteiger partial charge < -0.3 is 19.5 Å². The first-order valence-electron chi connectivity index (χ1n) is 11.8. The van der Waals surface area contributed by atoms with Gasteiger partial charge in [0, 0.05) is 18.1 Å². The van der Waals surface area contributed by atoms with Crippen molar-refractivity contribution in [2.24, 2.45) is 0 Å². The number of nitrogens with one attached hydrogen (secondary N) is 1. The molecule has 184 valence electrons. The number of para-hydroxylation sites is 1. The minimum atomic E-state index is -3.72. The van der Waals surface area contributed by atoms with Crippen molar-refractivity contribution >= 4 is 21.6 Å². The Morgan fingerprint density at radius 2 is 1.74 bits per heavy atom. The summed E-state index contributed by atoms with van der Waals surface area (Å²) in [5.41, 5.74) is 0.889. The number of hydrogen-bond donors (Lipinski definition) is 1. The lowest BCUT2D eigenvalue weighted by atomic mass is 9.83. The van der Waals surface area contributed by atoms with Gasteiger partial charge in [-0.05, 0) is 38.0 Å². The zero-order valence-corrected chi connectivity index (χ0v) is 20.7. The Bertz CT molecular complexity index is 1150. The summed E-state index contributed by atoms with van der Waals surface area (Å²) in [4.78, 5) is 13.2. The fourth-order valence-electron chi connectivity index (χ4n) is 4.49. The van der Waals surface area contributed by atoms with Crippen molar-refractivity contribution in [1.82, 2.24) is 5.32 Å². The Kier molecular flexibility index (Phi) is 6.93. The van der Waals surface area contributed by atoms with Crippen LogP contribution in [0.3, 0.4) is 0 Å². The van der Waals surface area contributed by atoms with Gasteiger partial charge in [0.15, 0.2) is 11.5 Å². The second kappa shape index (κ2) is 9.74. The van der Waals surface area contributed by atoms with E-state index in [0.29, 0.717) is 36.8 Å². The van der Waals surface area contributed by atoms with E-state index in [2.05, 4.69) is 19.2 Å². The first kappa shape index (κ1) is 24.2. The average molecular weight is 489 g/mol. The number of amides is 1. The molecule has 2 aliphatic rings. The molecule has 2 aromatic carbocycles. The Morgan fingerprint density at radius 3 is 2.44 bits per heavy atom. The molecule has 1 N–H and O–H groups in total. The number of sulfonamides is 1. The number of carbonyl (C=O) groups excluding carboxylic acids is 1. The highest BCUT2D eigenvalue weighted by molar-refractivity contribution is 7.92. The van der Waals surface area contributed by atoms with Crippen LogP contribution in [0.15, 0.2) is 42.5 Å². The summed E-state index contributed by atoms with van der Waals surface area (Å²) < 4.78 is 44.5. The highest BCUT2D eigenvalue weighted by Gasteiger charge is 2.39. The Labute approximate surface area is 201 Å². The molecule has 34 heavy (non-hydrogen) atoms. The number of fused-ring (bicyclic) bond motifs is 2. The molecule has 0 bridgehead atoms. The molecule has 0 saturated carbocycles. The van der Waals surface area contributed by atoms with Gasteiger partial charge in [0.25, 0.3) is 0 Å². The number of rotatable bonds is 8. The molecule has 0 fully saturated rings. The smallest absolute Gasteiger partial charge is 0.241 e. The van der Waals surface area contributed by atoms with Crippen molar-refractivity contribution < 1.29 is 27.4 Å². The van der Waals surface area contributed by atoms with E-state index in [4.69, 9.17) is 14.2 Å². The second-order valence-corrected chi connectivity index (χ2v) is 10.8. The van der Waals surface area contributed by atoms with Gasteiger partial charge in [-0.2, -0.15) is 0 Å². The molecular formula is C25H32N2O6S. The van der Waals surface area contributed by atoms with E-state index >= 15 is 0 Å². The molecule has 1 atom stereocenters. The maximum atomic E-state index is 13.2. The molecule has 0 unspecified atom stereocenters. The number of carbonyl (C=O) groups is 1. The second-order valence-electron chi connectivity index (χ2n) is 8.59. The minimum absolute atomic E-state index is 0.135. The zero-order valence-electron chi connectivity index (χ0n) is 19.9. The number of nitrogens with zero attached hydrogens (tertiary/aromatic N) is 1. The normalized spacial score (nSPS) is 18.4. The molecule has 8 nitrogen and oxygen atoms in total. The maximum absolute atomic E-state index is 13.2. The van der Waals surface area contributed by atoms with Crippen LogP contribution in [-0.4, -0.2) is 45.4 Å². The van der Waals surface area contributed by atoms with Crippen molar-refractivity contribution in [1.29, 1.82) is 0 Å². The average Bonchev–Trinajstić information content (AvgIpc) is 2.86. The van der Waals surface area contributed by atoms with Crippen LogP contribution in [0.2, 0.25) is 0 Å². The number of anilines is 1. The molecule has 1 amide bonds. The molecule has 2 aliphatic heterocycles. The van der Waals surface area contributed by atoms with Gasteiger partial charge in [0.2, 0.25) is 15.9 Å². The van der Waals surface area contributed by atoms with Crippen molar-refractivity contribution in [3.05, 3.63) is 48.0 Å². The fourth-order valence-corrected chi connectivity index (χ4v) is 5.55. The van der Waals surface area contributed by atoms with Crippen LogP contribution in [0.5, 0.6) is 17.2 Å². The van der Waals surface area contributed by atoms with E-state index in [-0.39, 0.29) is 29.8 Å². The molecule has 0 radical (unpaired) electrons. The minimum Gasteiger partial charge on any atom is -0.487 e. The van der Waals surface area contributed by atoms with Crippen molar-refractivity contribution in [2.45, 2.75) is 51.7 Å². The lowest BCUT2D eigenvalue weighted by Crippen LogP contribution is -2.47.